The minimum atomic E-state index is -0.318. The number of fused-ring (bicyclic) bond motifs is 1. The molecule has 0 spiro atoms. The van der Waals surface area contributed by atoms with E-state index in [1.54, 1.807) is 18.5 Å². The molecule has 1 aromatic heterocycles. The van der Waals surface area contributed by atoms with Crippen LogP contribution >= 0.6 is 0 Å². The van der Waals surface area contributed by atoms with Gasteiger partial charge in [-0.1, -0.05) is 6.07 Å². The molecule has 6 heteroatoms. The smallest absolute Gasteiger partial charge is 0.338 e. The Morgan fingerprint density at radius 1 is 1.15 bits per heavy atom. The Morgan fingerprint density at radius 2 is 1.91 bits per heavy atom. The van der Waals surface area contributed by atoms with Gasteiger partial charge in [-0.2, -0.15) is 0 Å². The normalized spacial score (nSPS) is 14.8. The number of pyridine rings is 1. The molecule has 4 rings (SSSR count). The van der Waals surface area contributed by atoms with Crippen LogP contribution in [0.15, 0.2) is 60.9 Å². The third kappa shape index (κ3) is 5.33. The largest absolute Gasteiger partial charge is 0.493 e. The van der Waals surface area contributed by atoms with Crippen molar-refractivity contribution in [2.75, 3.05) is 25.7 Å². The highest BCUT2D eigenvalue weighted by molar-refractivity contribution is 5.90. The van der Waals surface area contributed by atoms with E-state index in [1.807, 2.05) is 26.0 Å². The zero-order valence-electron chi connectivity index (χ0n) is 20.3. The van der Waals surface area contributed by atoms with Crippen molar-refractivity contribution in [3.63, 3.8) is 0 Å². The Kier molecular flexibility index (Phi) is 7.36. The van der Waals surface area contributed by atoms with Gasteiger partial charge in [0.05, 0.1) is 25.4 Å². The van der Waals surface area contributed by atoms with Crippen LogP contribution in [0.1, 0.15) is 54.1 Å². The second-order valence-corrected chi connectivity index (χ2v) is 8.84. The Labute approximate surface area is 201 Å². The number of benzene rings is 2. The maximum atomic E-state index is 12.1. The predicted octanol–water partition coefficient (Wildman–Crippen LogP) is 5.92. The van der Waals surface area contributed by atoms with Crippen LogP contribution in [0.2, 0.25) is 0 Å². The number of anilines is 2. The minimum absolute atomic E-state index is 0.152. The Bertz CT molecular complexity index is 1130. The molecule has 0 N–H and O–H groups in total. The van der Waals surface area contributed by atoms with Gasteiger partial charge in [-0.25, -0.2) is 4.79 Å². The fourth-order valence-electron chi connectivity index (χ4n) is 4.40. The summed E-state index contributed by atoms with van der Waals surface area (Å²) in [5, 5.41) is 0. The zero-order chi connectivity index (χ0) is 24.1. The summed E-state index contributed by atoms with van der Waals surface area (Å²) < 4.78 is 16.7. The molecule has 6 nitrogen and oxygen atoms in total. The Morgan fingerprint density at radius 3 is 2.65 bits per heavy atom. The van der Waals surface area contributed by atoms with Gasteiger partial charge in [-0.3, -0.25) is 4.98 Å². The molecule has 1 atom stereocenters. The lowest BCUT2D eigenvalue weighted by molar-refractivity contribution is 0.0599. The minimum Gasteiger partial charge on any atom is -0.493 e. The van der Waals surface area contributed by atoms with Gasteiger partial charge in [0.25, 0.3) is 0 Å². The quantitative estimate of drug-likeness (QED) is 0.389. The Balaban J connectivity index is 1.48. The number of hydrogen-bond acceptors (Lipinski definition) is 6. The summed E-state index contributed by atoms with van der Waals surface area (Å²) in [7, 11) is 3.46. The van der Waals surface area contributed by atoms with Crippen molar-refractivity contribution in [2.45, 2.75) is 45.1 Å². The number of aryl methyl sites for hydroxylation is 1. The highest BCUT2D eigenvalue weighted by atomic mass is 16.5. The molecule has 0 fully saturated rings. The summed E-state index contributed by atoms with van der Waals surface area (Å²) in [5.41, 5.74) is 4.87. The van der Waals surface area contributed by atoms with Crippen LogP contribution in [-0.4, -0.2) is 37.8 Å². The molecule has 3 aromatic rings. The average Bonchev–Trinajstić information content (AvgIpc) is 2.86. The fourth-order valence-corrected chi connectivity index (χ4v) is 4.40. The van der Waals surface area contributed by atoms with Crippen molar-refractivity contribution < 1.29 is 19.0 Å². The monoisotopic (exact) mass is 460 g/mol. The van der Waals surface area contributed by atoms with Crippen molar-refractivity contribution in [1.29, 1.82) is 0 Å². The first-order valence-corrected chi connectivity index (χ1v) is 11.7. The molecule has 1 aliphatic rings. The summed E-state index contributed by atoms with van der Waals surface area (Å²) in [5.74, 6) is 1.84. The van der Waals surface area contributed by atoms with Gasteiger partial charge in [-0.05, 0) is 86.6 Å². The average molecular weight is 461 g/mol. The molecule has 0 saturated heterocycles. The van der Waals surface area contributed by atoms with E-state index in [1.165, 1.54) is 12.7 Å². The van der Waals surface area contributed by atoms with E-state index in [0.29, 0.717) is 18.1 Å². The molecule has 0 aliphatic carbocycles. The number of nitrogens with zero attached hydrogens (tertiary/aromatic N) is 2. The lowest BCUT2D eigenvalue weighted by atomic mass is 9.87. The maximum absolute atomic E-state index is 12.1. The van der Waals surface area contributed by atoms with Crippen LogP contribution in [-0.2, 0) is 11.2 Å². The SMILES string of the molecule is COC(=O)c1ccncc1CC[C@@H]1CCOc2cc(N(C)c3ccc(OC(C)C)cc3)ccc21. The van der Waals surface area contributed by atoms with Crippen molar-refractivity contribution >= 4 is 17.3 Å². The number of rotatable bonds is 8. The number of esters is 1. The molecule has 34 heavy (non-hydrogen) atoms. The zero-order valence-corrected chi connectivity index (χ0v) is 20.3. The molecule has 0 saturated carbocycles. The first-order valence-electron chi connectivity index (χ1n) is 11.7. The van der Waals surface area contributed by atoms with Gasteiger partial charge in [0, 0.05) is 36.9 Å². The molecule has 0 unspecified atom stereocenters. The van der Waals surface area contributed by atoms with E-state index in [9.17, 15) is 4.79 Å². The molecule has 0 bridgehead atoms. The van der Waals surface area contributed by atoms with E-state index in [0.717, 1.165) is 47.7 Å². The van der Waals surface area contributed by atoms with Crippen molar-refractivity contribution in [3.8, 4) is 11.5 Å². The van der Waals surface area contributed by atoms with Crippen LogP contribution in [0.5, 0.6) is 11.5 Å². The molecule has 1 aliphatic heterocycles. The molecular formula is C28H32N2O4. The number of ether oxygens (including phenoxy) is 3. The van der Waals surface area contributed by atoms with Crippen LogP contribution in [0.25, 0.3) is 0 Å². The number of aromatic nitrogens is 1. The Hall–Kier alpha value is -3.54. The number of hydrogen-bond donors (Lipinski definition) is 0. The number of carbonyl (C=O) groups is 1. The second kappa shape index (κ2) is 10.6. The fraction of sp³-hybridized carbons (Fsp3) is 0.357. The van der Waals surface area contributed by atoms with E-state index in [-0.39, 0.29) is 12.1 Å². The van der Waals surface area contributed by atoms with Crippen LogP contribution in [0.3, 0.4) is 0 Å². The van der Waals surface area contributed by atoms with Gasteiger partial charge in [0.15, 0.2) is 0 Å². The lowest BCUT2D eigenvalue weighted by Gasteiger charge is -2.28. The number of methoxy groups -OCH3 is 1. The molecule has 2 aromatic carbocycles. The van der Waals surface area contributed by atoms with E-state index in [2.05, 4.69) is 47.3 Å². The topological polar surface area (TPSA) is 60.9 Å². The summed E-state index contributed by atoms with van der Waals surface area (Å²) >= 11 is 0. The van der Waals surface area contributed by atoms with Crippen LogP contribution in [0, 0.1) is 0 Å². The molecule has 2 heterocycles. The standard InChI is InChI=1S/C28H32N2O4/c1-19(2)34-24-10-7-22(8-11-24)30(3)23-9-12-25-20(14-16-33-27(25)17-23)5-6-21-18-29-15-13-26(21)28(31)32-4/h7-13,15,17-20H,5-6,14,16H2,1-4H3/t20-/m1/s1. The lowest BCUT2D eigenvalue weighted by Crippen LogP contribution is -2.17. The molecule has 178 valence electrons. The first-order chi connectivity index (χ1) is 16.5. The van der Waals surface area contributed by atoms with Crippen molar-refractivity contribution in [3.05, 3.63) is 77.6 Å². The van der Waals surface area contributed by atoms with Crippen molar-refractivity contribution in [1.82, 2.24) is 4.98 Å². The second-order valence-electron chi connectivity index (χ2n) is 8.84. The van der Waals surface area contributed by atoms with Gasteiger partial charge in [0.2, 0.25) is 0 Å². The first kappa shape index (κ1) is 23.6. The maximum Gasteiger partial charge on any atom is 0.338 e. The van der Waals surface area contributed by atoms with Gasteiger partial charge >= 0.3 is 5.97 Å². The van der Waals surface area contributed by atoms with E-state index < -0.39 is 0 Å². The summed E-state index contributed by atoms with van der Waals surface area (Å²) in [4.78, 5) is 18.4. The van der Waals surface area contributed by atoms with E-state index in [4.69, 9.17) is 14.2 Å². The van der Waals surface area contributed by atoms with Crippen LogP contribution < -0.4 is 14.4 Å². The highest BCUT2D eigenvalue weighted by Crippen LogP contribution is 2.40. The molecule has 0 radical (unpaired) electrons. The summed E-state index contributed by atoms with van der Waals surface area (Å²) in [6.07, 6.45) is 6.17. The van der Waals surface area contributed by atoms with E-state index >= 15 is 0 Å². The summed E-state index contributed by atoms with van der Waals surface area (Å²) in [6.45, 7) is 4.73. The van der Waals surface area contributed by atoms with Gasteiger partial charge in [-0.15, -0.1) is 0 Å². The highest BCUT2D eigenvalue weighted by Gasteiger charge is 2.23. The van der Waals surface area contributed by atoms with Crippen LogP contribution in [0.4, 0.5) is 11.4 Å². The molecular weight excluding hydrogens is 428 g/mol. The summed E-state index contributed by atoms with van der Waals surface area (Å²) in [6, 6.07) is 16.3. The van der Waals surface area contributed by atoms with Crippen molar-refractivity contribution in [2.24, 2.45) is 0 Å². The number of carbonyl (C=O) groups excluding carboxylic acids is 1. The van der Waals surface area contributed by atoms with Gasteiger partial charge in [0.1, 0.15) is 11.5 Å². The third-order valence-electron chi connectivity index (χ3n) is 6.21. The predicted molar refractivity (Wildman–Crippen MR) is 133 cm³/mol. The third-order valence-corrected chi connectivity index (χ3v) is 6.21. The molecule has 0 amide bonds. The van der Waals surface area contributed by atoms with Gasteiger partial charge < -0.3 is 19.1 Å².